The van der Waals surface area contributed by atoms with Gasteiger partial charge in [0.25, 0.3) is 0 Å². The first kappa shape index (κ1) is 11.7. The molecule has 0 radical (unpaired) electrons. The molecule has 2 aromatic rings. The van der Waals surface area contributed by atoms with E-state index in [0.29, 0.717) is 0 Å². The number of hydrogen-bond acceptors (Lipinski definition) is 5. The smallest absolute Gasteiger partial charge is 0.232 e. The van der Waals surface area contributed by atoms with Crippen LogP contribution in [0.1, 0.15) is 17.2 Å². The summed E-state index contributed by atoms with van der Waals surface area (Å²) in [5, 5.41) is 8.16. The number of aryl methyl sites for hydroxylation is 2. The Bertz CT molecular complexity index is 437. The second-order valence-electron chi connectivity index (χ2n) is 2.99. The van der Waals surface area contributed by atoms with Crippen LogP contribution in [0.4, 0.5) is 0 Å². The lowest BCUT2D eigenvalue weighted by Gasteiger charge is -1.88. The molecule has 0 aliphatic rings. The first-order valence-electron chi connectivity index (χ1n) is 4.64. The molecule has 2 heterocycles. The van der Waals surface area contributed by atoms with Crippen LogP contribution in [0.15, 0.2) is 30.9 Å². The van der Waals surface area contributed by atoms with Gasteiger partial charge in [0, 0.05) is 24.8 Å². The lowest BCUT2D eigenvalue weighted by molar-refractivity contribution is 1.03. The van der Waals surface area contributed by atoms with Gasteiger partial charge in [0.05, 0.1) is 0 Å². The highest BCUT2D eigenvalue weighted by molar-refractivity contribution is 5.07. The summed E-state index contributed by atoms with van der Waals surface area (Å²) in [6.45, 7) is 3.85. The molecule has 0 spiro atoms. The highest BCUT2D eigenvalue weighted by Gasteiger charge is 1.83. The summed E-state index contributed by atoms with van der Waals surface area (Å²) < 4.78 is 0. The third-order valence-electron chi connectivity index (χ3n) is 1.58. The van der Waals surface area contributed by atoms with E-state index in [0.717, 1.165) is 11.4 Å². The Labute approximate surface area is 93.9 Å². The largest absolute Gasteiger partial charge is 0.241 e. The van der Waals surface area contributed by atoms with Crippen LogP contribution in [0, 0.1) is 25.2 Å². The molecular formula is C11H11N5. The second kappa shape index (κ2) is 6.19. The molecule has 16 heavy (non-hydrogen) atoms. The standard InChI is InChI=1S/C6H8N2.C5H3N3/c1-5-3-7-6(2)8-4-5;6-4-5-7-2-1-3-8-5/h3-4H,1-2H3;1-3H. The number of hydrogen-bond donors (Lipinski definition) is 0. The molecule has 80 valence electrons. The normalized spacial score (nSPS) is 8.56. The molecule has 0 N–H and O–H groups in total. The molecule has 0 bridgehead atoms. The van der Waals surface area contributed by atoms with Gasteiger partial charge < -0.3 is 0 Å². The molecule has 0 saturated carbocycles. The van der Waals surface area contributed by atoms with E-state index in [1.807, 2.05) is 26.2 Å². The Hall–Kier alpha value is -2.35. The highest BCUT2D eigenvalue weighted by Crippen LogP contribution is 1.89. The lowest BCUT2D eigenvalue weighted by atomic mass is 10.4. The fraction of sp³-hybridized carbons (Fsp3) is 0.182. The first-order chi connectivity index (χ1) is 7.72. The molecule has 2 aromatic heterocycles. The molecule has 0 amide bonds. The van der Waals surface area contributed by atoms with Gasteiger partial charge in [-0.15, -0.1) is 0 Å². The molecule has 0 fully saturated rings. The van der Waals surface area contributed by atoms with Crippen LogP contribution in [0.25, 0.3) is 0 Å². The first-order valence-corrected chi connectivity index (χ1v) is 4.64. The number of rotatable bonds is 0. The Morgan fingerprint density at radius 2 is 1.56 bits per heavy atom. The maximum Gasteiger partial charge on any atom is 0.232 e. The number of aromatic nitrogens is 4. The van der Waals surface area contributed by atoms with Crippen LogP contribution in [0.5, 0.6) is 0 Å². The van der Waals surface area contributed by atoms with E-state index >= 15 is 0 Å². The molecule has 0 aliphatic carbocycles. The van der Waals surface area contributed by atoms with Crippen molar-refractivity contribution in [3.05, 3.63) is 48.1 Å². The molecule has 0 aromatic carbocycles. The topological polar surface area (TPSA) is 75.3 Å². The van der Waals surface area contributed by atoms with Gasteiger partial charge in [-0.25, -0.2) is 19.9 Å². The van der Waals surface area contributed by atoms with Crippen molar-refractivity contribution in [3.63, 3.8) is 0 Å². The van der Waals surface area contributed by atoms with Gasteiger partial charge in [-0.3, -0.25) is 0 Å². The molecule has 0 saturated heterocycles. The van der Waals surface area contributed by atoms with Crippen LogP contribution in [-0.2, 0) is 0 Å². The monoisotopic (exact) mass is 213 g/mol. The van der Waals surface area contributed by atoms with Gasteiger partial charge in [-0.2, -0.15) is 5.26 Å². The summed E-state index contributed by atoms with van der Waals surface area (Å²) in [4.78, 5) is 15.2. The molecule has 0 atom stereocenters. The summed E-state index contributed by atoms with van der Waals surface area (Å²) in [6, 6.07) is 3.47. The highest BCUT2D eigenvalue weighted by atomic mass is 14.8. The zero-order chi connectivity index (χ0) is 11.8. The van der Waals surface area contributed by atoms with Crippen LogP contribution < -0.4 is 0 Å². The van der Waals surface area contributed by atoms with Crippen molar-refractivity contribution in [1.29, 1.82) is 5.26 Å². The van der Waals surface area contributed by atoms with E-state index in [1.54, 1.807) is 12.1 Å². The van der Waals surface area contributed by atoms with Crippen molar-refractivity contribution in [2.24, 2.45) is 0 Å². The molecule has 0 unspecified atom stereocenters. The fourth-order valence-corrected chi connectivity index (χ4v) is 0.814. The van der Waals surface area contributed by atoms with E-state index < -0.39 is 0 Å². The summed E-state index contributed by atoms with van der Waals surface area (Å²) >= 11 is 0. The summed E-state index contributed by atoms with van der Waals surface area (Å²) in [5.74, 6) is 1.04. The third-order valence-corrected chi connectivity index (χ3v) is 1.58. The predicted molar refractivity (Wildman–Crippen MR) is 58.3 cm³/mol. The average Bonchev–Trinajstić information content (AvgIpc) is 2.35. The van der Waals surface area contributed by atoms with E-state index in [9.17, 15) is 0 Å². The van der Waals surface area contributed by atoms with Crippen LogP contribution >= 0.6 is 0 Å². The Morgan fingerprint density at radius 3 is 1.94 bits per heavy atom. The zero-order valence-electron chi connectivity index (χ0n) is 9.12. The van der Waals surface area contributed by atoms with Gasteiger partial charge in [0.2, 0.25) is 5.82 Å². The van der Waals surface area contributed by atoms with E-state index in [1.165, 1.54) is 12.4 Å². The Kier molecular flexibility index (Phi) is 4.54. The Morgan fingerprint density at radius 1 is 1.00 bits per heavy atom. The van der Waals surface area contributed by atoms with Crippen LogP contribution in [0.3, 0.4) is 0 Å². The number of nitriles is 1. The summed E-state index contributed by atoms with van der Waals surface area (Å²) in [7, 11) is 0. The van der Waals surface area contributed by atoms with E-state index in [2.05, 4.69) is 19.9 Å². The number of nitrogens with zero attached hydrogens (tertiary/aromatic N) is 5. The van der Waals surface area contributed by atoms with Gasteiger partial charge in [0.1, 0.15) is 11.9 Å². The van der Waals surface area contributed by atoms with Crippen molar-refractivity contribution in [1.82, 2.24) is 19.9 Å². The average molecular weight is 213 g/mol. The Balaban J connectivity index is 0.000000160. The van der Waals surface area contributed by atoms with Crippen molar-refractivity contribution in [2.75, 3.05) is 0 Å². The summed E-state index contributed by atoms with van der Waals surface area (Å²) in [6.07, 6.45) is 6.68. The maximum atomic E-state index is 8.16. The quantitative estimate of drug-likeness (QED) is 0.661. The predicted octanol–water partition coefficient (Wildman–Crippen LogP) is 1.44. The maximum absolute atomic E-state index is 8.16. The van der Waals surface area contributed by atoms with Crippen LogP contribution in [-0.4, -0.2) is 19.9 Å². The minimum atomic E-state index is 0.215. The molecule has 5 nitrogen and oxygen atoms in total. The molecule has 2 rings (SSSR count). The van der Waals surface area contributed by atoms with Crippen molar-refractivity contribution in [2.45, 2.75) is 13.8 Å². The summed E-state index contributed by atoms with van der Waals surface area (Å²) in [5.41, 5.74) is 1.11. The van der Waals surface area contributed by atoms with Crippen molar-refractivity contribution in [3.8, 4) is 6.07 Å². The molecule has 0 aliphatic heterocycles. The van der Waals surface area contributed by atoms with Gasteiger partial charge in [0.15, 0.2) is 0 Å². The van der Waals surface area contributed by atoms with E-state index in [4.69, 9.17) is 5.26 Å². The minimum Gasteiger partial charge on any atom is -0.241 e. The fourth-order valence-electron chi connectivity index (χ4n) is 0.814. The van der Waals surface area contributed by atoms with Gasteiger partial charge in [-0.1, -0.05) is 0 Å². The van der Waals surface area contributed by atoms with Crippen molar-refractivity contribution >= 4 is 0 Å². The van der Waals surface area contributed by atoms with Crippen LogP contribution in [0.2, 0.25) is 0 Å². The van der Waals surface area contributed by atoms with Gasteiger partial charge >= 0.3 is 0 Å². The lowest BCUT2D eigenvalue weighted by Crippen LogP contribution is -1.84. The SMILES string of the molecule is Cc1cnc(C)nc1.N#Cc1ncccn1. The van der Waals surface area contributed by atoms with E-state index in [-0.39, 0.29) is 5.82 Å². The molecular weight excluding hydrogens is 202 g/mol. The zero-order valence-corrected chi connectivity index (χ0v) is 9.12. The minimum absolute atomic E-state index is 0.215. The van der Waals surface area contributed by atoms with Gasteiger partial charge in [-0.05, 0) is 25.5 Å². The third kappa shape index (κ3) is 4.24. The van der Waals surface area contributed by atoms with Crippen molar-refractivity contribution < 1.29 is 0 Å². The second-order valence-corrected chi connectivity index (χ2v) is 2.99. The molecule has 5 heteroatoms.